The van der Waals surface area contributed by atoms with Gasteiger partial charge in [-0.25, -0.2) is 0 Å². The fraction of sp³-hybridized carbons (Fsp3) is 1.00. The maximum Gasteiger partial charge on any atom is 0.0703 e. The fourth-order valence-electron chi connectivity index (χ4n) is 1.38. The van der Waals surface area contributed by atoms with Crippen LogP contribution in [-0.4, -0.2) is 19.3 Å². The van der Waals surface area contributed by atoms with Gasteiger partial charge in [0.15, 0.2) is 0 Å². The maximum absolute atomic E-state index is 5.48. The van der Waals surface area contributed by atoms with Crippen LogP contribution in [0.3, 0.4) is 0 Å². The molecule has 1 saturated heterocycles. The van der Waals surface area contributed by atoms with Gasteiger partial charge in [0.05, 0.1) is 12.7 Å². The Hall–Kier alpha value is -0.0800. The van der Waals surface area contributed by atoms with E-state index in [0.717, 1.165) is 13.0 Å². The summed E-state index contributed by atoms with van der Waals surface area (Å²) >= 11 is 0. The van der Waals surface area contributed by atoms with E-state index in [2.05, 4.69) is 13.8 Å². The highest BCUT2D eigenvalue weighted by atomic mass is 16.5. The topological polar surface area (TPSA) is 35.2 Å². The Bertz CT molecular complexity index is 116. The first-order valence-corrected chi connectivity index (χ1v) is 4.02. The van der Waals surface area contributed by atoms with Crippen LogP contribution in [0.15, 0.2) is 0 Å². The summed E-state index contributed by atoms with van der Waals surface area (Å²) in [6.45, 7) is 6.05. The highest BCUT2D eigenvalue weighted by Crippen LogP contribution is 2.34. The molecule has 1 fully saturated rings. The summed E-state index contributed by atoms with van der Waals surface area (Å²) in [6.07, 6.45) is 2.66. The van der Waals surface area contributed by atoms with Gasteiger partial charge in [0.1, 0.15) is 0 Å². The summed E-state index contributed by atoms with van der Waals surface area (Å²) in [6, 6.07) is 0. The molecule has 60 valence electrons. The lowest BCUT2D eigenvalue weighted by molar-refractivity contribution is 0.102. The van der Waals surface area contributed by atoms with Gasteiger partial charge in [-0.15, -0.1) is 0 Å². The third-order valence-electron chi connectivity index (χ3n) is 2.50. The molecular weight excluding hydrogens is 126 g/mol. The van der Waals surface area contributed by atoms with Gasteiger partial charge < -0.3 is 10.5 Å². The Labute approximate surface area is 62.7 Å². The minimum absolute atomic E-state index is 0.324. The standard InChI is InChI=1S/C8H17NO/c1-3-8(2)4-7(5-9)10-6-8/h7H,3-6,9H2,1-2H3/t7-,8-/m0/s1. The largest absolute Gasteiger partial charge is 0.376 e. The van der Waals surface area contributed by atoms with Crippen molar-refractivity contribution < 1.29 is 4.74 Å². The van der Waals surface area contributed by atoms with Crippen molar-refractivity contribution in [1.82, 2.24) is 0 Å². The molecule has 10 heavy (non-hydrogen) atoms. The average molecular weight is 143 g/mol. The number of nitrogens with two attached hydrogens (primary N) is 1. The zero-order valence-electron chi connectivity index (χ0n) is 6.89. The maximum atomic E-state index is 5.48. The first-order valence-electron chi connectivity index (χ1n) is 4.02. The first kappa shape index (κ1) is 8.02. The summed E-state index contributed by atoms with van der Waals surface area (Å²) in [5.41, 5.74) is 5.89. The first-order chi connectivity index (χ1) is 4.70. The van der Waals surface area contributed by atoms with E-state index in [1.54, 1.807) is 0 Å². The zero-order valence-corrected chi connectivity index (χ0v) is 6.89. The summed E-state index contributed by atoms with van der Waals surface area (Å²) in [7, 11) is 0. The monoisotopic (exact) mass is 143 g/mol. The van der Waals surface area contributed by atoms with Gasteiger partial charge in [0, 0.05) is 6.54 Å². The predicted octanol–water partition coefficient (Wildman–Crippen LogP) is 1.15. The molecule has 1 aliphatic heterocycles. The Morgan fingerprint density at radius 2 is 2.40 bits per heavy atom. The van der Waals surface area contributed by atoms with E-state index in [1.165, 1.54) is 6.42 Å². The van der Waals surface area contributed by atoms with E-state index in [9.17, 15) is 0 Å². The van der Waals surface area contributed by atoms with Crippen molar-refractivity contribution in [1.29, 1.82) is 0 Å². The van der Waals surface area contributed by atoms with Gasteiger partial charge in [-0.05, 0) is 18.3 Å². The van der Waals surface area contributed by atoms with E-state index in [4.69, 9.17) is 10.5 Å². The Kier molecular flexibility index (Phi) is 2.32. The summed E-state index contributed by atoms with van der Waals surface area (Å²) in [5.74, 6) is 0. The third kappa shape index (κ3) is 1.50. The van der Waals surface area contributed by atoms with Gasteiger partial charge >= 0.3 is 0 Å². The zero-order chi connectivity index (χ0) is 7.61. The molecule has 2 atom stereocenters. The predicted molar refractivity (Wildman–Crippen MR) is 41.8 cm³/mol. The molecule has 0 spiro atoms. The van der Waals surface area contributed by atoms with Crippen molar-refractivity contribution in [2.24, 2.45) is 11.1 Å². The third-order valence-corrected chi connectivity index (χ3v) is 2.50. The number of ether oxygens (including phenoxy) is 1. The highest BCUT2D eigenvalue weighted by molar-refractivity contribution is 4.83. The van der Waals surface area contributed by atoms with E-state index < -0.39 is 0 Å². The van der Waals surface area contributed by atoms with Crippen LogP contribution in [-0.2, 0) is 4.74 Å². The number of hydrogen-bond acceptors (Lipinski definition) is 2. The van der Waals surface area contributed by atoms with Crippen LogP contribution in [0, 0.1) is 5.41 Å². The SMILES string of the molecule is CC[C@]1(C)CO[C@H](CN)C1. The molecule has 1 aliphatic rings. The average Bonchev–Trinajstić information content (AvgIpc) is 2.33. The van der Waals surface area contributed by atoms with Crippen molar-refractivity contribution in [3.63, 3.8) is 0 Å². The van der Waals surface area contributed by atoms with Crippen molar-refractivity contribution in [3.8, 4) is 0 Å². The molecular formula is C8H17NO. The molecule has 0 aromatic heterocycles. The second kappa shape index (κ2) is 2.89. The quantitative estimate of drug-likeness (QED) is 0.629. The fourth-order valence-corrected chi connectivity index (χ4v) is 1.38. The second-order valence-corrected chi connectivity index (χ2v) is 3.54. The molecule has 0 aromatic rings. The van der Waals surface area contributed by atoms with Crippen molar-refractivity contribution in [3.05, 3.63) is 0 Å². The molecule has 0 unspecified atom stereocenters. The smallest absolute Gasteiger partial charge is 0.0703 e. The molecule has 0 radical (unpaired) electrons. The van der Waals surface area contributed by atoms with Crippen LogP contribution in [0.4, 0.5) is 0 Å². The lowest BCUT2D eigenvalue weighted by Gasteiger charge is -2.18. The minimum atomic E-state index is 0.324. The van der Waals surface area contributed by atoms with Gasteiger partial charge in [-0.3, -0.25) is 0 Å². The van der Waals surface area contributed by atoms with Crippen LogP contribution in [0.5, 0.6) is 0 Å². The van der Waals surface area contributed by atoms with Gasteiger partial charge in [-0.2, -0.15) is 0 Å². The lowest BCUT2D eigenvalue weighted by Crippen LogP contribution is -2.20. The molecule has 1 heterocycles. The molecule has 0 saturated carbocycles. The van der Waals surface area contributed by atoms with Crippen molar-refractivity contribution >= 4 is 0 Å². The van der Waals surface area contributed by atoms with Crippen LogP contribution < -0.4 is 5.73 Å². The van der Waals surface area contributed by atoms with E-state index in [1.807, 2.05) is 0 Å². The Balaban J connectivity index is 2.41. The van der Waals surface area contributed by atoms with Crippen LogP contribution in [0.25, 0.3) is 0 Å². The lowest BCUT2D eigenvalue weighted by atomic mass is 9.85. The molecule has 2 nitrogen and oxygen atoms in total. The Morgan fingerprint density at radius 1 is 1.70 bits per heavy atom. The number of hydrogen-bond donors (Lipinski definition) is 1. The molecule has 0 aromatic carbocycles. The van der Waals surface area contributed by atoms with E-state index >= 15 is 0 Å². The number of rotatable bonds is 2. The molecule has 0 bridgehead atoms. The summed E-state index contributed by atoms with van der Waals surface area (Å²) < 4.78 is 5.48. The second-order valence-electron chi connectivity index (χ2n) is 3.54. The minimum Gasteiger partial charge on any atom is -0.376 e. The Morgan fingerprint density at radius 3 is 2.70 bits per heavy atom. The van der Waals surface area contributed by atoms with Crippen LogP contribution >= 0.6 is 0 Å². The highest BCUT2D eigenvalue weighted by Gasteiger charge is 2.33. The van der Waals surface area contributed by atoms with Crippen LogP contribution in [0.2, 0.25) is 0 Å². The molecule has 1 rings (SSSR count). The van der Waals surface area contributed by atoms with E-state index in [0.29, 0.717) is 18.1 Å². The van der Waals surface area contributed by atoms with Gasteiger partial charge in [0.2, 0.25) is 0 Å². The van der Waals surface area contributed by atoms with Gasteiger partial charge in [-0.1, -0.05) is 13.8 Å². The van der Waals surface area contributed by atoms with Crippen molar-refractivity contribution in [2.45, 2.75) is 32.8 Å². The normalized spacial score (nSPS) is 40.5. The van der Waals surface area contributed by atoms with Gasteiger partial charge in [0.25, 0.3) is 0 Å². The molecule has 2 heteroatoms. The van der Waals surface area contributed by atoms with E-state index in [-0.39, 0.29) is 0 Å². The van der Waals surface area contributed by atoms with Crippen molar-refractivity contribution in [2.75, 3.05) is 13.2 Å². The summed E-state index contributed by atoms with van der Waals surface area (Å²) in [5, 5.41) is 0. The molecule has 0 aliphatic carbocycles. The molecule has 0 amide bonds. The summed E-state index contributed by atoms with van der Waals surface area (Å²) in [4.78, 5) is 0. The van der Waals surface area contributed by atoms with Crippen LogP contribution in [0.1, 0.15) is 26.7 Å². The molecule has 2 N–H and O–H groups in total.